The van der Waals surface area contributed by atoms with Crippen LogP contribution in [0.15, 0.2) is 59.5 Å². The number of hydrogen-bond acceptors (Lipinski definition) is 6. The minimum atomic E-state index is -4.09. The first-order chi connectivity index (χ1) is 17.0. The van der Waals surface area contributed by atoms with E-state index in [0.717, 1.165) is 6.26 Å². The second kappa shape index (κ2) is 8.16. The van der Waals surface area contributed by atoms with Crippen molar-refractivity contribution in [3.63, 3.8) is 0 Å². The van der Waals surface area contributed by atoms with Crippen molar-refractivity contribution in [1.82, 2.24) is 14.3 Å². The number of pyridine rings is 1. The molecule has 1 aliphatic rings. The van der Waals surface area contributed by atoms with Gasteiger partial charge < -0.3 is 19.0 Å². The van der Waals surface area contributed by atoms with E-state index in [4.69, 9.17) is 4.74 Å². The van der Waals surface area contributed by atoms with Gasteiger partial charge >= 0.3 is 6.29 Å². The largest absolute Gasteiger partial charge is 0.586 e. The molecular formula is C23H16F3N3O6S. The number of aromatic amines is 1. The molecule has 36 heavy (non-hydrogen) atoms. The van der Waals surface area contributed by atoms with Gasteiger partial charge in [-0.05, 0) is 30.3 Å². The number of carbonyl (C=O) groups excluding carboxylic acids is 1. The second-order valence-corrected chi connectivity index (χ2v) is 9.72. The molecule has 4 aromatic rings. The van der Waals surface area contributed by atoms with Gasteiger partial charge in [-0.3, -0.25) is 9.59 Å². The predicted molar refractivity (Wildman–Crippen MR) is 122 cm³/mol. The number of carbonyl (C=O) groups is 1. The average Bonchev–Trinajstić information content (AvgIpc) is 3.27. The SMILES string of the molecule is CS(=O)(=O)NC(=O)c1c(-c2ccc[nH]c2=O)c2c3c(ccc2n1Cc1ccccc1F)OC(F)(F)O3. The lowest BCUT2D eigenvalue weighted by molar-refractivity contribution is -0.286. The number of nitrogens with one attached hydrogen (secondary N) is 2. The average molecular weight is 519 g/mol. The molecule has 186 valence electrons. The third kappa shape index (κ3) is 4.06. The lowest BCUT2D eigenvalue weighted by Gasteiger charge is -2.13. The molecule has 3 heterocycles. The maximum absolute atomic E-state index is 14.6. The summed E-state index contributed by atoms with van der Waals surface area (Å²) < 4.78 is 78.9. The smallest absolute Gasteiger partial charge is 0.395 e. The topological polar surface area (TPSA) is 119 Å². The molecule has 2 aromatic heterocycles. The molecular weight excluding hydrogens is 503 g/mol. The van der Waals surface area contributed by atoms with Gasteiger partial charge in [0.25, 0.3) is 11.5 Å². The van der Waals surface area contributed by atoms with Crippen LogP contribution < -0.4 is 19.8 Å². The fraction of sp³-hybridized carbons (Fsp3) is 0.130. The number of halogens is 3. The summed E-state index contributed by atoms with van der Waals surface area (Å²) in [6.45, 7) is -0.309. The molecule has 0 bridgehead atoms. The lowest BCUT2D eigenvalue weighted by Crippen LogP contribution is -2.32. The van der Waals surface area contributed by atoms with Gasteiger partial charge in [0.1, 0.15) is 11.5 Å². The maximum atomic E-state index is 14.6. The van der Waals surface area contributed by atoms with Crippen molar-refractivity contribution in [2.45, 2.75) is 12.8 Å². The summed E-state index contributed by atoms with van der Waals surface area (Å²) in [5, 5.41) is -0.114. The summed E-state index contributed by atoms with van der Waals surface area (Å²) in [5.74, 6) is -2.61. The van der Waals surface area contributed by atoms with E-state index in [1.54, 1.807) is 6.07 Å². The lowest BCUT2D eigenvalue weighted by atomic mass is 10.0. The van der Waals surface area contributed by atoms with Crippen LogP contribution in [0.25, 0.3) is 22.0 Å². The number of alkyl halides is 2. The van der Waals surface area contributed by atoms with Crippen LogP contribution in [-0.2, 0) is 16.6 Å². The quantitative estimate of drug-likeness (QED) is 0.418. The predicted octanol–water partition coefficient (Wildman–Crippen LogP) is 3.19. The number of rotatable bonds is 5. The Morgan fingerprint density at radius 3 is 2.56 bits per heavy atom. The zero-order valence-electron chi connectivity index (χ0n) is 18.3. The zero-order valence-corrected chi connectivity index (χ0v) is 19.2. The van der Waals surface area contributed by atoms with Gasteiger partial charge in [-0.15, -0.1) is 8.78 Å². The molecule has 2 aromatic carbocycles. The van der Waals surface area contributed by atoms with Gasteiger partial charge in [0.05, 0.1) is 29.3 Å². The van der Waals surface area contributed by atoms with Crippen LogP contribution in [0.3, 0.4) is 0 Å². The number of benzene rings is 2. The Kier molecular flexibility index (Phi) is 5.32. The van der Waals surface area contributed by atoms with E-state index in [-0.39, 0.29) is 45.6 Å². The first-order valence-electron chi connectivity index (χ1n) is 10.3. The monoisotopic (exact) mass is 519 g/mol. The van der Waals surface area contributed by atoms with Crippen molar-refractivity contribution in [3.8, 4) is 22.6 Å². The summed E-state index contributed by atoms with van der Waals surface area (Å²) in [6, 6.07) is 10.9. The van der Waals surface area contributed by atoms with Crippen molar-refractivity contribution < 1.29 is 35.9 Å². The van der Waals surface area contributed by atoms with Crippen molar-refractivity contribution >= 4 is 26.8 Å². The van der Waals surface area contributed by atoms with E-state index in [9.17, 15) is 31.2 Å². The number of amides is 1. The van der Waals surface area contributed by atoms with E-state index < -0.39 is 39.4 Å². The highest BCUT2D eigenvalue weighted by Crippen LogP contribution is 2.50. The molecule has 0 radical (unpaired) electrons. The molecule has 0 fully saturated rings. The Morgan fingerprint density at radius 2 is 1.86 bits per heavy atom. The Hall–Kier alpha value is -4.26. The van der Waals surface area contributed by atoms with Crippen LogP contribution >= 0.6 is 0 Å². The molecule has 9 nitrogen and oxygen atoms in total. The van der Waals surface area contributed by atoms with Crippen molar-refractivity contribution in [2.75, 3.05) is 6.26 Å². The highest BCUT2D eigenvalue weighted by atomic mass is 32.2. The minimum Gasteiger partial charge on any atom is -0.395 e. The van der Waals surface area contributed by atoms with Crippen molar-refractivity contribution in [3.05, 3.63) is 82.2 Å². The summed E-state index contributed by atoms with van der Waals surface area (Å²) in [5.41, 5.74) is -1.21. The van der Waals surface area contributed by atoms with E-state index in [2.05, 4.69) is 9.72 Å². The normalized spacial score (nSPS) is 14.2. The molecule has 0 saturated heterocycles. The highest BCUT2D eigenvalue weighted by molar-refractivity contribution is 7.89. The standard InChI is InChI=1S/C23H16F3N3O6S/c1-36(32,33)28-22(31)19-17(13-6-4-10-27-21(13)30)18-15(8-9-16-20(18)35-23(25,26)34-16)29(19)11-12-5-2-3-7-14(12)24/h2-10H,11H2,1H3,(H,27,30)(H,28,31). The van der Waals surface area contributed by atoms with E-state index in [1.807, 2.05) is 4.72 Å². The number of nitrogens with zero attached hydrogens (tertiary/aromatic N) is 1. The molecule has 1 aliphatic heterocycles. The van der Waals surface area contributed by atoms with Crippen LogP contribution in [0.4, 0.5) is 13.2 Å². The van der Waals surface area contributed by atoms with Gasteiger partial charge in [-0.25, -0.2) is 17.5 Å². The Labute approximate surface area is 201 Å². The third-order valence-corrected chi connectivity index (χ3v) is 6.02. The van der Waals surface area contributed by atoms with E-state index in [1.165, 1.54) is 53.2 Å². The fourth-order valence-corrected chi connectivity index (χ4v) is 4.57. The number of H-pyrrole nitrogens is 1. The number of ether oxygens (including phenoxy) is 2. The number of fused-ring (bicyclic) bond motifs is 3. The molecule has 1 amide bonds. The first-order valence-corrected chi connectivity index (χ1v) is 12.2. The maximum Gasteiger partial charge on any atom is 0.586 e. The van der Waals surface area contributed by atoms with Crippen molar-refractivity contribution in [2.24, 2.45) is 0 Å². The number of hydrogen-bond donors (Lipinski definition) is 2. The van der Waals surface area contributed by atoms with E-state index >= 15 is 0 Å². The molecule has 5 rings (SSSR count). The van der Waals surface area contributed by atoms with Gasteiger partial charge in [0, 0.05) is 17.3 Å². The number of sulfonamides is 1. The molecule has 0 aliphatic carbocycles. The third-order valence-electron chi connectivity index (χ3n) is 5.46. The van der Waals surface area contributed by atoms with Gasteiger partial charge in [0.15, 0.2) is 11.5 Å². The molecule has 13 heteroatoms. The molecule has 0 unspecified atom stereocenters. The first kappa shape index (κ1) is 23.5. The molecule has 0 atom stereocenters. The Bertz CT molecular complexity index is 1710. The minimum absolute atomic E-state index is 0.0928. The zero-order chi connectivity index (χ0) is 25.8. The van der Waals surface area contributed by atoms with Crippen LogP contribution in [0.2, 0.25) is 0 Å². The highest BCUT2D eigenvalue weighted by Gasteiger charge is 2.45. The van der Waals surface area contributed by atoms with Gasteiger partial charge in [-0.1, -0.05) is 18.2 Å². The Morgan fingerprint density at radius 1 is 1.11 bits per heavy atom. The summed E-state index contributed by atoms with van der Waals surface area (Å²) >= 11 is 0. The van der Waals surface area contributed by atoms with E-state index in [0.29, 0.717) is 0 Å². The Balaban J connectivity index is 1.92. The van der Waals surface area contributed by atoms with Crippen LogP contribution in [-0.4, -0.2) is 36.4 Å². The molecule has 0 saturated carbocycles. The second-order valence-electron chi connectivity index (χ2n) is 7.97. The van der Waals surface area contributed by atoms with Crippen LogP contribution in [0.1, 0.15) is 16.1 Å². The number of aromatic nitrogens is 2. The van der Waals surface area contributed by atoms with Crippen molar-refractivity contribution in [1.29, 1.82) is 0 Å². The fourth-order valence-electron chi connectivity index (χ4n) is 4.14. The van der Waals surface area contributed by atoms with Crippen LogP contribution in [0.5, 0.6) is 11.5 Å². The molecule has 0 spiro atoms. The molecule has 2 N–H and O–H groups in total. The summed E-state index contributed by atoms with van der Waals surface area (Å²) in [6.07, 6.45) is -1.96. The van der Waals surface area contributed by atoms with Crippen LogP contribution in [0, 0.1) is 5.82 Å². The summed E-state index contributed by atoms with van der Waals surface area (Å²) in [4.78, 5) is 28.5. The summed E-state index contributed by atoms with van der Waals surface area (Å²) in [7, 11) is -4.09. The van der Waals surface area contributed by atoms with Gasteiger partial charge in [0.2, 0.25) is 10.0 Å². The van der Waals surface area contributed by atoms with Gasteiger partial charge in [-0.2, -0.15) is 0 Å².